The molecule has 0 radical (unpaired) electrons. The van der Waals surface area contributed by atoms with Gasteiger partial charge in [-0.2, -0.15) is 0 Å². The first kappa shape index (κ1) is 14.2. The highest BCUT2D eigenvalue weighted by atomic mass is 79.9. The Bertz CT molecular complexity index is 691. The number of rotatable bonds is 2. The molecule has 1 aromatic heterocycles. The molecule has 1 N–H and O–H groups in total. The van der Waals surface area contributed by atoms with Gasteiger partial charge in [-0.25, -0.2) is 4.98 Å². The zero-order chi connectivity index (χ0) is 14.8. The molecule has 0 unspecified atom stereocenters. The Hall–Kier alpha value is -1.79. The summed E-state index contributed by atoms with van der Waals surface area (Å²) in [6, 6.07) is 6.63. The zero-order valence-corrected chi connectivity index (χ0v) is 13.1. The minimum absolute atomic E-state index is 0.267. The van der Waals surface area contributed by atoms with Crippen molar-refractivity contribution in [1.29, 1.82) is 0 Å². The Kier molecular flexibility index (Phi) is 3.98. The number of nitrogens with one attached hydrogen (secondary N) is 1. The van der Waals surface area contributed by atoms with Crippen molar-refractivity contribution in [3.8, 4) is 11.5 Å². The normalized spacial score (nSPS) is 12.9. The van der Waals surface area contributed by atoms with Gasteiger partial charge in [-0.3, -0.25) is 4.79 Å². The first-order valence-corrected chi connectivity index (χ1v) is 7.32. The molecular formula is C14H10BrClN2O3. The van der Waals surface area contributed by atoms with Crippen LogP contribution in [0, 0.1) is 0 Å². The minimum atomic E-state index is -0.267. The lowest BCUT2D eigenvalue weighted by atomic mass is 10.1. The largest absolute Gasteiger partial charge is 0.486 e. The van der Waals surface area contributed by atoms with Gasteiger partial charge in [-0.15, -0.1) is 0 Å². The first-order chi connectivity index (χ1) is 10.1. The zero-order valence-electron chi connectivity index (χ0n) is 10.7. The molecule has 0 spiro atoms. The highest BCUT2D eigenvalue weighted by Crippen LogP contribution is 2.38. The van der Waals surface area contributed by atoms with Crippen LogP contribution in [0.4, 0.5) is 5.69 Å². The molecule has 0 atom stereocenters. The van der Waals surface area contributed by atoms with Crippen molar-refractivity contribution in [3.63, 3.8) is 0 Å². The molecule has 2 heterocycles. The van der Waals surface area contributed by atoms with E-state index in [0.29, 0.717) is 45.6 Å². The van der Waals surface area contributed by atoms with Crippen molar-refractivity contribution < 1.29 is 14.3 Å². The van der Waals surface area contributed by atoms with E-state index in [-0.39, 0.29) is 5.91 Å². The van der Waals surface area contributed by atoms with Crippen LogP contribution in [-0.4, -0.2) is 24.1 Å². The lowest BCUT2D eigenvalue weighted by Gasteiger charge is -2.20. The molecule has 0 saturated carbocycles. The standard InChI is InChI=1S/C14H10BrClN2O3/c15-10-5-8(6-11-13(10)21-4-3-20-11)14(19)18-9-1-2-12(16)17-7-9/h1-2,5-7H,3-4H2,(H,18,19). The van der Waals surface area contributed by atoms with Crippen molar-refractivity contribution in [2.24, 2.45) is 0 Å². The first-order valence-electron chi connectivity index (χ1n) is 6.15. The van der Waals surface area contributed by atoms with Crippen molar-refractivity contribution in [1.82, 2.24) is 4.98 Å². The van der Waals surface area contributed by atoms with Crippen LogP contribution in [0.1, 0.15) is 10.4 Å². The third-order valence-electron chi connectivity index (χ3n) is 2.84. The Labute approximate surface area is 134 Å². The molecule has 1 aliphatic rings. The predicted molar refractivity (Wildman–Crippen MR) is 82.3 cm³/mol. The molecule has 1 aromatic carbocycles. The van der Waals surface area contributed by atoms with Gasteiger partial charge < -0.3 is 14.8 Å². The van der Waals surface area contributed by atoms with Gasteiger partial charge in [-0.05, 0) is 40.2 Å². The number of fused-ring (bicyclic) bond motifs is 1. The smallest absolute Gasteiger partial charge is 0.255 e. The summed E-state index contributed by atoms with van der Waals surface area (Å²) in [5.41, 5.74) is 1.02. The summed E-state index contributed by atoms with van der Waals surface area (Å²) in [6.45, 7) is 0.958. The number of benzene rings is 1. The summed E-state index contributed by atoms with van der Waals surface area (Å²) >= 11 is 9.09. The third-order valence-corrected chi connectivity index (χ3v) is 3.66. The maximum Gasteiger partial charge on any atom is 0.255 e. The van der Waals surface area contributed by atoms with Crippen LogP contribution in [-0.2, 0) is 0 Å². The lowest BCUT2D eigenvalue weighted by Crippen LogP contribution is -2.17. The lowest BCUT2D eigenvalue weighted by molar-refractivity contribution is 0.102. The average molecular weight is 370 g/mol. The second-order valence-corrected chi connectivity index (χ2v) is 5.55. The van der Waals surface area contributed by atoms with E-state index in [9.17, 15) is 4.79 Å². The second kappa shape index (κ2) is 5.91. The number of anilines is 1. The molecule has 108 valence electrons. The van der Waals surface area contributed by atoms with Gasteiger partial charge in [0.05, 0.1) is 16.4 Å². The van der Waals surface area contributed by atoms with Crippen LogP contribution in [0.5, 0.6) is 11.5 Å². The molecule has 2 aromatic rings. The van der Waals surface area contributed by atoms with Crippen LogP contribution < -0.4 is 14.8 Å². The van der Waals surface area contributed by atoms with Crippen LogP contribution in [0.25, 0.3) is 0 Å². The van der Waals surface area contributed by atoms with Gasteiger partial charge in [-0.1, -0.05) is 11.6 Å². The summed E-state index contributed by atoms with van der Waals surface area (Å²) in [4.78, 5) is 16.2. The van der Waals surface area contributed by atoms with E-state index in [2.05, 4.69) is 26.2 Å². The summed E-state index contributed by atoms with van der Waals surface area (Å²) in [5.74, 6) is 0.901. The quantitative estimate of drug-likeness (QED) is 0.823. The number of ether oxygens (including phenoxy) is 2. The van der Waals surface area contributed by atoms with E-state index in [0.717, 1.165) is 0 Å². The number of carbonyl (C=O) groups is 1. The molecule has 3 rings (SSSR count). The van der Waals surface area contributed by atoms with Gasteiger partial charge in [0.15, 0.2) is 11.5 Å². The van der Waals surface area contributed by atoms with Gasteiger partial charge >= 0.3 is 0 Å². The fourth-order valence-electron chi connectivity index (χ4n) is 1.89. The molecule has 0 saturated heterocycles. The number of amides is 1. The molecule has 5 nitrogen and oxygen atoms in total. The maximum atomic E-state index is 12.2. The molecule has 21 heavy (non-hydrogen) atoms. The predicted octanol–water partition coefficient (Wildman–Crippen LogP) is 3.52. The molecule has 0 bridgehead atoms. The summed E-state index contributed by atoms with van der Waals surface area (Å²) in [5, 5.41) is 3.11. The fraction of sp³-hybridized carbons (Fsp3) is 0.143. The van der Waals surface area contributed by atoms with E-state index in [1.54, 1.807) is 24.3 Å². The fourth-order valence-corrected chi connectivity index (χ4v) is 2.56. The number of carbonyl (C=O) groups excluding carboxylic acids is 1. The average Bonchev–Trinajstić information content (AvgIpc) is 2.49. The third kappa shape index (κ3) is 3.11. The van der Waals surface area contributed by atoms with Crippen LogP contribution in [0.15, 0.2) is 34.9 Å². The molecule has 1 amide bonds. The number of aromatic nitrogens is 1. The number of pyridine rings is 1. The topological polar surface area (TPSA) is 60.5 Å². The maximum absolute atomic E-state index is 12.2. The van der Waals surface area contributed by atoms with Gasteiger partial charge in [0.1, 0.15) is 18.4 Å². The van der Waals surface area contributed by atoms with E-state index < -0.39 is 0 Å². The number of halogens is 2. The van der Waals surface area contributed by atoms with E-state index in [1.165, 1.54) is 6.20 Å². The molecule has 0 fully saturated rings. The van der Waals surface area contributed by atoms with Crippen molar-refractivity contribution in [2.75, 3.05) is 18.5 Å². The number of hydrogen-bond acceptors (Lipinski definition) is 4. The highest BCUT2D eigenvalue weighted by Gasteiger charge is 2.19. The van der Waals surface area contributed by atoms with Crippen LogP contribution in [0.3, 0.4) is 0 Å². The van der Waals surface area contributed by atoms with Crippen molar-refractivity contribution >= 4 is 39.1 Å². The molecule has 1 aliphatic heterocycles. The van der Waals surface area contributed by atoms with Gasteiger partial charge in [0, 0.05) is 5.56 Å². The Morgan fingerprint density at radius 3 is 2.86 bits per heavy atom. The van der Waals surface area contributed by atoms with Gasteiger partial charge in [0.25, 0.3) is 5.91 Å². The molecular weight excluding hydrogens is 360 g/mol. The van der Waals surface area contributed by atoms with Crippen molar-refractivity contribution in [3.05, 3.63) is 45.7 Å². The van der Waals surface area contributed by atoms with Crippen molar-refractivity contribution in [2.45, 2.75) is 0 Å². The second-order valence-electron chi connectivity index (χ2n) is 4.31. The van der Waals surface area contributed by atoms with E-state index in [4.69, 9.17) is 21.1 Å². The Morgan fingerprint density at radius 2 is 2.10 bits per heavy atom. The molecule has 0 aliphatic carbocycles. The molecule has 7 heteroatoms. The Balaban J connectivity index is 1.84. The summed E-state index contributed by atoms with van der Waals surface area (Å²) < 4.78 is 11.7. The van der Waals surface area contributed by atoms with Crippen LogP contribution >= 0.6 is 27.5 Å². The minimum Gasteiger partial charge on any atom is -0.486 e. The number of nitrogens with zero attached hydrogens (tertiary/aromatic N) is 1. The van der Waals surface area contributed by atoms with E-state index >= 15 is 0 Å². The number of hydrogen-bond donors (Lipinski definition) is 1. The van der Waals surface area contributed by atoms with Gasteiger partial charge in [0.2, 0.25) is 0 Å². The van der Waals surface area contributed by atoms with Crippen LogP contribution in [0.2, 0.25) is 5.15 Å². The van der Waals surface area contributed by atoms with E-state index in [1.807, 2.05) is 0 Å². The summed E-state index contributed by atoms with van der Waals surface area (Å²) in [6.07, 6.45) is 1.49. The summed E-state index contributed by atoms with van der Waals surface area (Å²) in [7, 11) is 0. The monoisotopic (exact) mass is 368 g/mol. The highest BCUT2D eigenvalue weighted by molar-refractivity contribution is 9.10. The SMILES string of the molecule is O=C(Nc1ccc(Cl)nc1)c1cc(Br)c2c(c1)OCCO2. The Morgan fingerprint density at radius 1 is 1.29 bits per heavy atom.